The molecule has 5 nitrogen and oxygen atoms in total. The van der Waals surface area contributed by atoms with E-state index in [0.29, 0.717) is 16.3 Å². The molecule has 6 heteroatoms. The Balaban J connectivity index is 1.98. The summed E-state index contributed by atoms with van der Waals surface area (Å²) in [6.07, 6.45) is 0. The molecule has 2 aromatic rings. The molecule has 2 aromatic carbocycles. The molecule has 0 aliphatic heterocycles. The van der Waals surface area contributed by atoms with Crippen LogP contribution in [0.1, 0.15) is 34.5 Å². The first-order valence-electron chi connectivity index (χ1n) is 7.89. The quantitative estimate of drug-likeness (QED) is 0.770. The number of rotatable bonds is 6. The van der Waals surface area contributed by atoms with Gasteiger partial charge in [-0.1, -0.05) is 35.9 Å². The second-order valence-corrected chi connectivity index (χ2v) is 6.10. The Labute approximate surface area is 152 Å². The SMILES string of the molecule is COC(=O)c1ccc(C)c(NC(=O)CN[C@@H](C)c2ccccc2Cl)c1. The number of carbonyl (C=O) groups is 2. The molecule has 132 valence electrons. The van der Waals surface area contributed by atoms with Gasteiger partial charge in [0.1, 0.15) is 0 Å². The van der Waals surface area contributed by atoms with Gasteiger partial charge in [0.2, 0.25) is 5.91 Å². The molecule has 0 unspecified atom stereocenters. The number of anilines is 1. The van der Waals surface area contributed by atoms with Gasteiger partial charge in [-0.05, 0) is 43.2 Å². The maximum absolute atomic E-state index is 12.2. The average Bonchev–Trinajstić information content (AvgIpc) is 2.61. The number of hydrogen-bond donors (Lipinski definition) is 2. The maximum atomic E-state index is 12.2. The number of amides is 1. The van der Waals surface area contributed by atoms with Crippen LogP contribution in [0.25, 0.3) is 0 Å². The summed E-state index contributed by atoms with van der Waals surface area (Å²) >= 11 is 6.16. The Bertz CT molecular complexity index is 777. The molecule has 0 aromatic heterocycles. The third-order valence-electron chi connectivity index (χ3n) is 3.87. The molecule has 0 radical (unpaired) electrons. The zero-order valence-electron chi connectivity index (χ0n) is 14.4. The van der Waals surface area contributed by atoms with E-state index in [1.807, 2.05) is 38.1 Å². The number of carbonyl (C=O) groups excluding carboxylic acids is 2. The van der Waals surface area contributed by atoms with Crippen molar-refractivity contribution in [3.05, 3.63) is 64.2 Å². The highest BCUT2D eigenvalue weighted by Crippen LogP contribution is 2.22. The highest BCUT2D eigenvalue weighted by atomic mass is 35.5. The van der Waals surface area contributed by atoms with Gasteiger partial charge in [0, 0.05) is 16.8 Å². The third kappa shape index (κ3) is 5.05. The van der Waals surface area contributed by atoms with Crippen molar-refractivity contribution in [2.24, 2.45) is 0 Å². The van der Waals surface area contributed by atoms with Crippen LogP contribution in [-0.2, 0) is 9.53 Å². The topological polar surface area (TPSA) is 67.4 Å². The van der Waals surface area contributed by atoms with Crippen LogP contribution < -0.4 is 10.6 Å². The number of benzene rings is 2. The molecule has 1 atom stereocenters. The molecule has 1 amide bonds. The highest BCUT2D eigenvalue weighted by molar-refractivity contribution is 6.31. The summed E-state index contributed by atoms with van der Waals surface area (Å²) in [5.41, 5.74) is 2.77. The highest BCUT2D eigenvalue weighted by Gasteiger charge is 2.13. The summed E-state index contributed by atoms with van der Waals surface area (Å²) in [6, 6.07) is 12.5. The van der Waals surface area contributed by atoms with Gasteiger partial charge in [-0.15, -0.1) is 0 Å². The van der Waals surface area contributed by atoms with Gasteiger partial charge in [0.25, 0.3) is 0 Å². The number of aryl methyl sites for hydroxylation is 1. The van der Waals surface area contributed by atoms with Gasteiger partial charge in [-0.3, -0.25) is 4.79 Å². The van der Waals surface area contributed by atoms with Crippen LogP contribution in [0.4, 0.5) is 5.69 Å². The zero-order chi connectivity index (χ0) is 18.4. The lowest BCUT2D eigenvalue weighted by Crippen LogP contribution is -2.30. The molecule has 0 saturated heterocycles. The lowest BCUT2D eigenvalue weighted by Gasteiger charge is -2.16. The van der Waals surface area contributed by atoms with Gasteiger partial charge >= 0.3 is 5.97 Å². The van der Waals surface area contributed by atoms with Crippen molar-refractivity contribution in [1.82, 2.24) is 5.32 Å². The zero-order valence-corrected chi connectivity index (χ0v) is 15.2. The first-order chi connectivity index (χ1) is 11.9. The molecule has 2 rings (SSSR count). The van der Waals surface area contributed by atoms with Crippen molar-refractivity contribution in [2.45, 2.75) is 19.9 Å². The minimum Gasteiger partial charge on any atom is -0.465 e. The molecule has 0 aliphatic carbocycles. The van der Waals surface area contributed by atoms with Crippen molar-refractivity contribution in [1.29, 1.82) is 0 Å². The third-order valence-corrected chi connectivity index (χ3v) is 4.22. The molecule has 0 fully saturated rings. The first kappa shape index (κ1) is 19.0. The monoisotopic (exact) mass is 360 g/mol. The Morgan fingerprint density at radius 3 is 2.60 bits per heavy atom. The fourth-order valence-corrected chi connectivity index (χ4v) is 2.68. The predicted octanol–water partition coefficient (Wildman–Crippen LogP) is 3.72. The van der Waals surface area contributed by atoms with E-state index in [2.05, 4.69) is 10.6 Å². The van der Waals surface area contributed by atoms with Gasteiger partial charge in [0.05, 0.1) is 19.2 Å². The van der Waals surface area contributed by atoms with E-state index >= 15 is 0 Å². The minimum absolute atomic E-state index is 0.0676. The summed E-state index contributed by atoms with van der Waals surface area (Å²) in [6.45, 7) is 3.92. The van der Waals surface area contributed by atoms with Crippen LogP contribution in [0.3, 0.4) is 0 Å². The first-order valence-corrected chi connectivity index (χ1v) is 8.26. The maximum Gasteiger partial charge on any atom is 0.337 e. The molecular weight excluding hydrogens is 340 g/mol. The molecule has 0 aliphatic rings. The van der Waals surface area contributed by atoms with E-state index in [9.17, 15) is 9.59 Å². The lowest BCUT2D eigenvalue weighted by atomic mass is 10.1. The van der Waals surface area contributed by atoms with Gasteiger partial charge in [-0.2, -0.15) is 0 Å². The Morgan fingerprint density at radius 2 is 1.92 bits per heavy atom. The van der Waals surface area contributed by atoms with Crippen molar-refractivity contribution in [3.8, 4) is 0 Å². The second kappa shape index (κ2) is 8.65. The van der Waals surface area contributed by atoms with Gasteiger partial charge < -0.3 is 15.4 Å². The number of methoxy groups -OCH3 is 1. The van der Waals surface area contributed by atoms with Crippen molar-refractivity contribution in [3.63, 3.8) is 0 Å². The fourth-order valence-electron chi connectivity index (χ4n) is 2.38. The van der Waals surface area contributed by atoms with Crippen LogP contribution in [0.2, 0.25) is 5.02 Å². The van der Waals surface area contributed by atoms with E-state index in [1.165, 1.54) is 7.11 Å². The summed E-state index contributed by atoms with van der Waals surface area (Å²) in [4.78, 5) is 23.8. The number of halogens is 1. The smallest absolute Gasteiger partial charge is 0.337 e. The van der Waals surface area contributed by atoms with Crippen LogP contribution >= 0.6 is 11.6 Å². The number of ether oxygens (including phenoxy) is 1. The van der Waals surface area contributed by atoms with Crippen LogP contribution in [-0.4, -0.2) is 25.5 Å². The second-order valence-electron chi connectivity index (χ2n) is 5.69. The Kier molecular flexibility index (Phi) is 6.56. The standard InChI is InChI=1S/C19H21ClN2O3/c1-12-8-9-14(19(24)25-3)10-17(12)22-18(23)11-21-13(2)15-6-4-5-7-16(15)20/h4-10,13,21H,11H2,1-3H3,(H,22,23)/t13-/m0/s1. The van der Waals surface area contributed by atoms with Crippen LogP contribution in [0.5, 0.6) is 0 Å². The van der Waals surface area contributed by atoms with Gasteiger partial charge in [-0.25, -0.2) is 4.79 Å². The molecule has 0 spiro atoms. The predicted molar refractivity (Wildman–Crippen MR) is 99.0 cm³/mol. The molecular formula is C19H21ClN2O3. The van der Waals surface area contributed by atoms with Crippen molar-refractivity contribution in [2.75, 3.05) is 19.0 Å². The van der Waals surface area contributed by atoms with E-state index in [-0.39, 0.29) is 18.5 Å². The fraction of sp³-hybridized carbons (Fsp3) is 0.263. The molecule has 0 bridgehead atoms. The number of hydrogen-bond acceptors (Lipinski definition) is 4. The van der Waals surface area contributed by atoms with E-state index < -0.39 is 5.97 Å². The van der Waals surface area contributed by atoms with E-state index in [1.54, 1.807) is 18.2 Å². The van der Waals surface area contributed by atoms with Crippen LogP contribution in [0, 0.1) is 6.92 Å². The molecule has 0 saturated carbocycles. The van der Waals surface area contributed by atoms with E-state index in [4.69, 9.17) is 16.3 Å². The average molecular weight is 361 g/mol. The lowest BCUT2D eigenvalue weighted by molar-refractivity contribution is -0.115. The normalized spacial score (nSPS) is 11.7. The van der Waals surface area contributed by atoms with Crippen molar-refractivity contribution >= 4 is 29.2 Å². The summed E-state index contributed by atoms with van der Waals surface area (Å²) in [7, 11) is 1.32. The summed E-state index contributed by atoms with van der Waals surface area (Å²) in [5, 5.41) is 6.61. The number of nitrogens with one attached hydrogen (secondary N) is 2. The van der Waals surface area contributed by atoms with E-state index in [0.717, 1.165) is 11.1 Å². The Morgan fingerprint density at radius 1 is 1.20 bits per heavy atom. The minimum atomic E-state index is -0.444. The van der Waals surface area contributed by atoms with Gasteiger partial charge in [0.15, 0.2) is 0 Å². The largest absolute Gasteiger partial charge is 0.465 e. The Hall–Kier alpha value is -2.37. The van der Waals surface area contributed by atoms with Crippen LogP contribution in [0.15, 0.2) is 42.5 Å². The molecule has 0 heterocycles. The summed E-state index contributed by atoms with van der Waals surface area (Å²) < 4.78 is 4.70. The number of esters is 1. The van der Waals surface area contributed by atoms with Crippen molar-refractivity contribution < 1.29 is 14.3 Å². The molecule has 25 heavy (non-hydrogen) atoms. The molecule has 2 N–H and O–H groups in total. The summed E-state index contributed by atoms with van der Waals surface area (Å²) in [5.74, 6) is -0.648.